The van der Waals surface area contributed by atoms with Crippen molar-refractivity contribution in [1.82, 2.24) is 9.55 Å². The second kappa shape index (κ2) is 5.84. The zero-order chi connectivity index (χ0) is 13.8. The fourth-order valence-electron chi connectivity index (χ4n) is 1.87. The molecule has 0 bridgehead atoms. The number of aromatic nitrogens is 2. The molecule has 1 N–H and O–H groups in total. The smallest absolute Gasteiger partial charge is 0.125 e. The number of benzene rings is 1. The molecule has 2 aromatic rings. The van der Waals surface area contributed by atoms with Gasteiger partial charge in [-0.1, -0.05) is 0 Å². The minimum atomic E-state index is -0.763. The average Bonchev–Trinajstić information content (AvgIpc) is 2.77. The second-order valence-corrected chi connectivity index (χ2v) is 4.37. The van der Waals surface area contributed by atoms with Crippen LogP contribution in [-0.2, 0) is 6.54 Å². The van der Waals surface area contributed by atoms with Gasteiger partial charge < -0.3 is 14.4 Å². The van der Waals surface area contributed by atoms with Crippen LogP contribution in [0.4, 0.5) is 4.39 Å². The van der Waals surface area contributed by atoms with E-state index in [1.165, 1.54) is 18.2 Å². The molecule has 0 spiro atoms. The van der Waals surface area contributed by atoms with Gasteiger partial charge in [-0.25, -0.2) is 9.37 Å². The maximum atomic E-state index is 13.1. The maximum Gasteiger partial charge on any atom is 0.125 e. The number of halogens is 1. The van der Waals surface area contributed by atoms with E-state index in [0.29, 0.717) is 24.5 Å². The number of hydrogen-bond donors (Lipinski definition) is 1. The number of aliphatic hydroxyl groups excluding tert-OH is 1. The van der Waals surface area contributed by atoms with E-state index in [0.717, 1.165) is 5.82 Å². The lowest BCUT2D eigenvalue weighted by molar-refractivity contribution is 0.189. The van der Waals surface area contributed by atoms with Crippen LogP contribution in [0.5, 0.6) is 5.75 Å². The number of nitrogens with zero attached hydrogens (tertiary/aromatic N) is 2. The Labute approximate surface area is 111 Å². The average molecular weight is 264 g/mol. The Morgan fingerprint density at radius 1 is 1.47 bits per heavy atom. The number of ether oxygens (including phenoxy) is 1. The maximum absolute atomic E-state index is 13.1. The molecule has 1 atom stereocenters. The topological polar surface area (TPSA) is 47.3 Å². The third-order valence-electron chi connectivity index (χ3n) is 2.94. The molecule has 2 rings (SSSR count). The molecule has 0 aliphatic heterocycles. The van der Waals surface area contributed by atoms with Crippen molar-refractivity contribution in [2.45, 2.75) is 26.5 Å². The highest BCUT2D eigenvalue weighted by Crippen LogP contribution is 2.25. The lowest BCUT2D eigenvalue weighted by Crippen LogP contribution is -2.10. The predicted octanol–water partition coefficient (Wildman–Crippen LogP) is 2.46. The van der Waals surface area contributed by atoms with Gasteiger partial charge in [-0.15, -0.1) is 0 Å². The molecule has 0 fully saturated rings. The number of aryl methyl sites for hydroxylation is 1. The Hall–Kier alpha value is -1.88. The van der Waals surface area contributed by atoms with Gasteiger partial charge in [0.2, 0.25) is 0 Å². The molecule has 1 aromatic heterocycles. The van der Waals surface area contributed by atoms with Crippen LogP contribution in [0.2, 0.25) is 0 Å². The second-order valence-electron chi connectivity index (χ2n) is 4.37. The highest BCUT2D eigenvalue weighted by molar-refractivity contribution is 5.35. The van der Waals surface area contributed by atoms with E-state index in [-0.39, 0.29) is 5.82 Å². The zero-order valence-corrected chi connectivity index (χ0v) is 11.0. The largest absolute Gasteiger partial charge is 0.491 e. The summed E-state index contributed by atoms with van der Waals surface area (Å²) in [4.78, 5) is 4.12. The van der Waals surface area contributed by atoms with Crippen molar-refractivity contribution in [1.29, 1.82) is 0 Å². The molecule has 0 aliphatic rings. The number of aliphatic hydroxyl groups is 1. The lowest BCUT2D eigenvalue weighted by Gasteiger charge is -2.14. The van der Waals surface area contributed by atoms with E-state index < -0.39 is 6.10 Å². The molecule has 19 heavy (non-hydrogen) atoms. The monoisotopic (exact) mass is 264 g/mol. The van der Waals surface area contributed by atoms with Crippen LogP contribution in [-0.4, -0.2) is 21.3 Å². The molecule has 102 valence electrons. The molecule has 0 radical (unpaired) electrons. The Balaban J connectivity index is 2.01. The third kappa shape index (κ3) is 3.32. The molecule has 5 heteroatoms. The summed E-state index contributed by atoms with van der Waals surface area (Å²) in [5.41, 5.74) is 0.461. The molecule has 0 saturated carbocycles. The van der Waals surface area contributed by atoms with Crippen LogP contribution in [0.1, 0.15) is 24.4 Å². The molecule has 0 amide bonds. The first-order valence-electron chi connectivity index (χ1n) is 6.16. The highest BCUT2D eigenvalue weighted by atomic mass is 19.1. The first kappa shape index (κ1) is 13.5. The van der Waals surface area contributed by atoms with Gasteiger partial charge in [0.05, 0.1) is 12.6 Å². The first-order chi connectivity index (χ1) is 9.08. The van der Waals surface area contributed by atoms with Crippen molar-refractivity contribution in [3.05, 3.63) is 47.8 Å². The SMILES string of the molecule is Cc1nccn1CCOc1ccc(F)cc1[C@H](C)O. The molecule has 1 heterocycles. The van der Waals surface area contributed by atoms with E-state index in [4.69, 9.17) is 4.74 Å². The van der Waals surface area contributed by atoms with Crippen LogP contribution in [0.25, 0.3) is 0 Å². The molecule has 0 saturated heterocycles. The fraction of sp³-hybridized carbons (Fsp3) is 0.357. The number of rotatable bonds is 5. The Morgan fingerprint density at radius 2 is 2.26 bits per heavy atom. The van der Waals surface area contributed by atoms with Gasteiger partial charge in [-0.2, -0.15) is 0 Å². The van der Waals surface area contributed by atoms with Gasteiger partial charge in [0.15, 0.2) is 0 Å². The molecule has 4 nitrogen and oxygen atoms in total. The first-order valence-corrected chi connectivity index (χ1v) is 6.16. The normalized spacial score (nSPS) is 12.4. The summed E-state index contributed by atoms with van der Waals surface area (Å²) in [6.07, 6.45) is 2.84. The van der Waals surface area contributed by atoms with Crippen LogP contribution >= 0.6 is 0 Å². The van der Waals surface area contributed by atoms with Gasteiger partial charge in [0, 0.05) is 18.0 Å². The Morgan fingerprint density at radius 3 is 2.89 bits per heavy atom. The molecular weight excluding hydrogens is 247 g/mol. The summed E-state index contributed by atoms with van der Waals surface area (Å²) in [5.74, 6) is 1.04. The molecule has 0 unspecified atom stereocenters. The summed E-state index contributed by atoms with van der Waals surface area (Å²) < 4.78 is 20.7. The van der Waals surface area contributed by atoms with Crippen molar-refractivity contribution < 1.29 is 14.2 Å². The highest BCUT2D eigenvalue weighted by Gasteiger charge is 2.10. The molecule has 0 aliphatic carbocycles. The van der Waals surface area contributed by atoms with Crippen LogP contribution < -0.4 is 4.74 Å². The van der Waals surface area contributed by atoms with Crippen LogP contribution in [0, 0.1) is 12.7 Å². The Kier molecular flexibility index (Phi) is 4.16. The molecular formula is C14H17FN2O2. The third-order valence-corrected chi connectivity index (χ3v) is 2.94. The van der Waals surface area contributed by atoms with E-state index in [1.807, 2.05) is 17.7 Å². The summed E-state index contributed by atoms with van der Waals surface area (Å²) in [6.45, 7) is 4.59. The summed E-state index contributed by atoms with van der Waals surface area (Å²) >= 11 is 0. The van der Waals surface area contributed by atoms with Gasteiger partial charge in [-0.05, 0) is 32.0 Å². The standard InChI is InChI=1S/C14H17FN2O2/c1-10(18)13-9-12(15)3-4-14(13)19-8-7-17-6-5-16-11(17)2/h3-6,9-10,18H,7-8H2,1-2H3/t10-/m0/s1. The van der Waals surface area contributed by atoms with Gasteiger partial charge >= 0.3 is 0 Å². The number of imidazole rings is 1. The van der Waals surface area contributed by atoms with Crippen molar-refractivity contribution in [2.24, 2.45) is 0 Å². The van der Waals surface area contributed by atoms with Crippen molar-refractivity contribution in [3.63, 3.8) is 0 Å². The van der Waals surface area contributed by atoms with Crippen molar-refractivity contribution in [3.8, 4) is 5.75 Å². The van der Waals surface area contributed by atoms with Crippen LogP contribution in [0.3, 0.4) is 0 Å². The van der Waals surface area contributed by atoms with Gasteiger partial charge in [-0.3, -0.25) is 0 Å². The van der Waals surface area contributed by atoms with Crippen molar-refractivity contribution >= 4 is 0 Å². The van der Waals surface area contributed by atoms with E-state index in [2.05, 4.69) is 4.98 Å². The van der Waals surface area contributed by atoms with Crippen LogP contribution in [0.15, 0.2) is 30.6 Å². The van der Waals surface area contributed by atoms with Gasteiger partial charge in [0.1, 0.15) is 24.0 Å². The summed E-state index contributed by atoms with van der Waals surface area (Å²) in [7, 11) is 0. The summed E-state index contributed by atoms with van der Waals surface area (Å²) in [5, 5.41) is 9.59. The summed E-state index contributed by atoms with van der Waals surface area (Å²) in [6, 6.07) is 4.16. The van der Waals surface area contributed by atoms with E-state index in [1.54, 1.807) is 13.1 Å². The quantitative estimate of drug-likeness (QED) is 0.902. The minimum Gasteiger partial charge on any atom is -0.491 e. The molecule has 1 aromatic carbocycles. The Bertz CT molecular complexity index is 552. The van der Waals surface area contributed by atoms with E-state index in [9.17, 15) is 9.50 Å². The van der Waals surface area contributed by atoms with E-state index >= 15 is 0 Å². The van der Waals surface area contributed by atoms with Gasteiger partial charge in [0.25, 0.3) is 0 Å². The fourth-order valence-corrected chi connectivity index (χ4v) is 1.87. The zero-order valence-electron chi connectivity index (χ0n) is 11.0. The lowest BCUT2D eigenvalue weighted by atomic mass is 10.1. The number of hydrogen-bond acceptors (Lipinski definition) is 3. The minimum absolute atomic E-state index is 0.381. The van der Waals surface area contributed by atoms with Crippen molar-refractivity contribution in [2.75, 3.05) is 6.61 Å². The predicted molar refractivity (Wildman–Crippen MR) is 69.5 cm³/mol.